The third-order valence-electron chi connectivity index (χ3n) is 10.1. The summed E-state index contributed by atoms with van der Waals surface area (Å²) in [7, 11) is 0. The summed E-state index contributed by atoms with van der Waals surface area (Å²) in [5.74, 6) is 0. The monoisotopic (exact) mass is 731 g/mol. The molecule has 0 atom stereocenters. The molecule has 0 saturated carbocycles. The second-order valence-corrected chi connectivity index (χ2v) is 15.3. The van der Waals surface area contributed by atoms with Crippen molar-refractivity contribution in [2.75, 3.05) is 13.1 Å². The molecule has 0 radical (unpaired) electrons. The van der Waals surface area contributed by atoms with Crippen LogP contribution in [-0.2, 0) is 0 Å². The molecule has 0 spiro atoms. The average molecular weight is 731 g/mol. The van der Waals surface area contributed by atoms with E-state index < -0.39 is 12.1 Å². The number of hydrogen-bond donors (Lipinski definition) is 4. The van der Waals surface area contributed by atoms with Crippen molar-refractivity contribution in [3.63, 3.8) is 0 Å². The molecule has 1 aromatic carbocycles. The summed E-state index contributed by atoms with van der Waals surface area (Å²) in [5, 5.41) is 5.27. The molecule has 1 rings (SSSR count). The van der Waals surface area contributed by atoms with Crippen molar-refractivity contribution in [2.24, 2.45) is 11.5 Å². The molecule has 0 aromatic heterocycles. The van der Waals surface area contributed by atoms with E-state index in [1.54, 1.807) is 0 Å². The van der Waals surface area contributed by atoms with Gasteiger partial charge in [0.2, 0.25) is 0 Å². The number of carbonyl (C=O) groups excluding carboxylic acids is 2. The molecule has 0 aliphatic rings. The summed E-state index contributed by atoms with van der Waals surface area (Å²) in [6.45, 7) is 10.3. The number of nitrogens with two attached hydrogens (primary N) is 2. The van der Waals surface area contributed by atoms with E-state index in [4.69, 9.17) is 11.5 Å². The lowest BCUT2D eigenvalue weighted by Crippen LogP contribution is -2.29. The first-order valence-electron chi connectivity index (χ1n) is 22.4. The summed E-state index contributed by atoms with van der Waals surface area (Å²) in [6.07, 6.45) is 43.9. The second kappa shape index (κ2) is 44.9. The van der Waals surface area contributed by atoms with Gasteiger partial charge in [0.1, 0.15) is 0 Å². The van der Waals surface area contributed by atoms with Crippen LogP contribution in [0.1, 0.15) is 230 Å². The largest absolute Gasteiger partial charge is 0.352 e. The Bertz CT molecular complexity index is 794. The smallest absolute Gasteiger partial charge is 0.312 e. The Morgan fingerprint density at radius 3 is 0.750 bits per heavy atom. The van der Waals surface area contributed by atoms with Crippen LogP contribution in [-0.4, -0.2) is 25.2 Å². The molecule has 6 N–H and O–H groups in total. The molecule has 0 aliphatic heterocycles. The number of primary amides is 2. The van der Waals surface area contributed by atoms with Crippen molar-refractivity contribution in [1.82, 2.24) is 10.6 Å². The number of amides is 4. The van der Waals surface area contributed by atoms with Crippen LogP contribution in [0.2, 0.25) is 0 Å². The number of carbonyl (C=O) groups is 2. The first-order valence-corrected chi connectivity index (χ1v) is 22.4. The molecule has 0 saturated heterocycles. The summed E-state index contributed by atoms with van der Waals surface area (Å²) >= 11 is 0. The van der Waals surface area contributed by atoms with Crippen LogP contribution >= 0.6 is 0 Å². The Kier molecular flexibility index (Phi) is 44.8. The normalized spacial score (nSPS) is 10.5. The molecular formula is C46H90N4O2. The second-order valence-electron chi connectivity index (χ2n) is 15.3. The van der Waals surface area contributed by atoms with Gasteiger partial charge < -0.3 is 22.1 Å². The van der Waals surface area contributed by atoms with Crippen LogP contribution in [0.4, 0.5) is 9.59 Å². The third kappa shape index (κ3) is 47.8. The minimum atomic E-state index is -0.402. The fourth-order valence-electron chi connectivity index (χ4n) is 6.43. The highest BCUT2D eigenvalue weighted by Crippen LogP contribution is 2.15. The summed E-state index contributed by atoms with van der Waals surface area (Å²) in [4.78, 5) is 20.9. The predicted octanol–water partition coefficient (Wildman–Crippen LogP) is 14.1. The topological polar surface area (TPSA) is 110 Å². The predicted molar refractivity (Wildman–Crippen MR) is 230 cm³/mol. The van der Waals surface area contributed by atoms with Gasteiger partial charge in [-0.1, -0.05) is 231 Å². The van der Waals surface area contributed by atoms with Gasteiger partial charge in [0.15, 0.2) is 0 Å². The molecule has 6 nitrogen and oxygen atoms in total. The number of urea groups is 2. The Hall–Kier alpha value is -2.24. The van der Waals surface area contributed by atoms with Gasteiger partial charge >= 0.3 is 12.1 Å². The van der Waals surface area contributed by atoms with Gasteiger partial charge in [-0.05, 0) is 37.8 Å². The molecule has 4 amide bonds. The van der Waals surface area contributed by atoms with Crippen molar-refractivity contribution >= 4 is 12.1 Å². The highest BCUT2D eigenvalue weighted by atomic mass is 16.2. The fourth-order valence-corrected chi connectivity index (χ4v) is 6.43. The van der Waals surface area contributed by atoms with E-state index in [0.717, 1.165) is 25.9 Å². The quantitative estimate of drug-likeness (QED) is 0.0529. The molecule has 0 bridgehead atoms. The molecule has 0 unspecified atom stereocenters. The average Bonchev–Trinajstić information content (AvgIpc) is 3.12. The van der Waals surface area contributed by atoms with E-state index in [1.165, 1.54) is 204 Å². The lowest BCUT2D eigenvalue weighted by Gasteiger charge is -2.04. The Balaban J connectivity index is 0. The SMILES string of the molecule is CCCCCCCCCCCCCCCCCCNC(N)=O.CCCCCCCCCCCCCCCCCCNC(N)=O.Cc1ccccc1C. The summed E-state index contributed by atoms with van der Waals surface area (Å²) in [5.41, 5.74) is 12.8. The first kappa shape index (κ1) is 51.9. The van der Waals surface area contributed by atoms with Gasteiger partial charge in [-0.25, -0.2) is 9.59 Å². The zero-order valence-electron chi connectivity index (χ0n) is 35.3. The van der Waals surface area contributed by atoms with Crippen LogP contribution in [0, 0.1) is 13.8 Å². The molecule has 0 aliphatic carbocycles. The van der Waals surface area contributed by atoms with Gasteiger partial charge in [0, 0.05) is 13.1 Å². The first-order chi connectivity index (χ1) is 25.3. The molecule has 306 valence electrons. The highest BCUT2D eigenvalue weighted by Gasteiger charge is 1.97. The van der Waals surface area contributed by atoms with Crippen molar-refractivity contribution in [3.05, 3.63) is 35.4 Å². The van der Waals surface area contributed by atoms with E-state index in [1.807, 2.05) is 0 Å². The minimum absolute atomic E-state index is 0.402. The molecule has 0 fully saturated rings. The van der Waals surface area contributed by atoms with Crippen molar-refractivity contribution < 1.29 is 9.59 Å². The summed E-state index contributed by atoms with van der Waals surface area (Å²) in [6, 6.07) is 7.55. The molecular weight excluding hydrogens is 641 g/mol. The third-order valence-corrected chi connectivity index (χ3v) is 10.1. The number of benzene rings is 1. The van der Waals surface area contributed by atoms with Gasteiger partial charge in [0.25, 0.3) is 0 Å². The van der Waals surface area contributed by atoms with Crippen LogP contribution in [0.15, 0.2) is 24.3 Å². The van der Waals surface area contributed by atoms with E-state index in [-0.39, 0.29) is 0 Å². The van der Waals surface area contributed by atoms with Crippen LogP contribution in [0.25, 0.3) is 0 Å². The van der Waals surface area contributed by atoms with Crippen molar-refractivity contribution in [3.8, 4) is 0 Å². The molecule has 6 heteroatoms. The van der Waals surface area contributed by atoms with Gasteiger partial charge in [-0.15, -0.1) is 0 Å². The highest BCUT2D eigenvalue weighted by molar-refractivity contribution is 5.71. The molecule has 1 aromatic rings. The lowest BCUT2D eigenvalue weighted by molar-refractivity contribution is 0.248. The van der Waals surface area contributed by atoms with E-state index >= 15 is 0 Å². The maximum absolute atomic E-state index is 10.5. The minimum Gasteiger partial charge on any atom is -0.352 e. The van der Waals surface area contributed by atoms with E-state index in [0.29, 0.717) is 0 Å². The molecule has 0 heterocycles. The Morgan fingerprint density at radius 1 is 0.385 bits per heavy atom. The van der Waals surface area contributed by atoms with Crippen LogP contribution in [0.3, 0.4) is 0 Å². The standard InChI is InChI=1S/2C19H40N2O.C8H10/c2*1-2-3-4-5-6-7-8-9-10-11-12-13-14-15-16-17-18-21-19(20)22;1-7-5-3-4-6-8(7)2/h2*2-18H2,1H3,(H3,20,21,22);3-6H,1-2H3. The van der Waals surface area contributed by atoms with Gasteiger partial charge in [-0.2, -0.15) is 0 Å². The maximum atomic E-state index is 10.5. The van der Waals surface area contributed by atoms with Crippen molar-refractivity contribution in [1.29, 1.82) is 0 Å². The maximum Gasteiger partial charge on any atom is 0.312 e. The Labute approximate surface area is 324 Å². The van der Waals surface area contributed by atoms with Crippen LogP contribution in [0.5, 0.6) is 0 Å². The number of unbranched alkanes of at least 4 members (excludes halogenated alkanes) is 30. The zero-order chi connectivity index (χ0) is 38.6. The lowest BCUT2D eigenvalue weighted by atomic mass is 10.0. The van der Waals surface area contributed by atoms with Gasteiger partial charge in [-0.3, -0.25) is 0 Å². The number of rotatable bonds is 34. The Morgan fingerprint density at radius 2 is 0.577 bits per heavy atom. The van der Waals surface area contributed by atoms with E-state index in [2.05, 4.69) is 62.6 Å². The van der Waals surface area contributed by atoms with Crippen LogP contribution < -0.4 is 22.1 Å². The summed E-state index contributed by atoms with van der Waals surface area (Å²) < 4.78 is 0. The molecule has 52 heavy (non-hydrogen) atoms. The van der Waals surface area contributed by atoms with Gasteiger partial charge in [0.05, 0.1) is 0 Å². The van der Waals surface area contributed by atoms with Crippen molar-refractivity contribution in [2.45, 2.75) is 233 Å². The van der Waals surface area contributed by atoms with E-state index in [9.17, 15) is 9.59 Å². The number of aryl methyl sites for hydroxylation is 2. The number of nitrogens with one attached hydrogen (secondary N) is 2. The number of hydrogen-bond acceptors (Lipinski definition) is 2. The fraction of sp³-hybridized carbons (Fsp3) is 0.826. The zero-order valence-corrected chi connectivity index (χ0v) is 35.3.